The molecule has 0 heterocycles. The molecule has 0 aliphatic heterocycles. The summed E-state index contributed by atoms with van der Waals surface area (Å²) in [4.78, 5) is 35.8. The van der Waals surface area contributed by atoms with Crippen LogP contribution in [0.4, 0.5) is 0 Å². The maximum atomic E-state index is 12.0. The topological polar surface area (TPSA) is 75.3 Å². The molecule has 0 fully saturated rings. The average Bonchev–Trinajstić information content (AvgIpc) is 2.64. The minimum absolute atomic E-state index is 0.0628. The summed E-state index contributed by atoms with van der Waals surface area (Å²) in [6, 6.07) is 14.0. The number of carbonyl (C=O) groups excluding carboxylic acids is 3. The molecule has 0 saturated heterocycles. The summed E-state index contributed by atoms with van der Waals surface area (Å²) in [5.74, 6) is -0.580. The number of amides is 2. The van der Waals surface area contributed by atoms with Crippen molar-refractivity contribution in [2.75, 3.05) is 13.1 Å². The van der Waals surface area contributed by atoms with Gasteiger partial charge in [0.05, 0.1) is 10.6 Å². The van der Waals surface area contributed by atoms with E-state index in [-0.39, 0.29) is 43.5 Å². The first-order chi connectivity index (χ1) is 12.5. The summed E-state index contributed by atoms with van der Waals surface area (Å²) < 4.78 is 0. The number of aryl methyl sites for hydroxylation is 1. The van der Waals surface area contributed by atoms with Crippen LogP contribution in [0.3, 0.4) is 0 Å². The predicted octanol–water partition coefficient (Wildman–Crippen LogP) is 3.16. The SMILES string of the molecule is Cc1ccc(C(=O)CCC(=O)NCCNC(=O)c2ccccc2Cl)cc1. The Hall–Kier alpha value is -2.66. The molecule has 0 aliphatic carbocycles. The lowest BCUT2D eigenvalue weighted by Gasteiger charge is -2.08. The number of rotatable bonds is 8. The lowest BCUT2D eigenvalue weighted by molar-refractivity contribution is -0.121. The molecule has 2 N–H and O–H groups in total. The van der Waals surface area contributed by atoms with Gasteiger partial charge in [-0.2, -0.15) is 0 Å². The Morgan fingerprint density at radius 1 is 0.885 bits per heavy atom. The van der Waals surface area contributed by atoms with Crippen molar-refractivity contribution < 1.29 is 14.4 Å². The third-order valence-corrected chi connectivity index (χ3v) is 4.13. The molecule has 0 unspecified atom stereocenters. The van der Waals surface area contributed by atoms with Crippen molar-refractivity contribution in [2.24, 2.45) is 0 Å². The van der Waals surface area contributed by atoms with Crippen LogP contribution in [0.5, 0.6) is 0 Å². The number of ketones is 1. The van der Waals surface area contributed by atoms with Crippen LogP contribution in [0.1, 0.15) is 39.1 Å². The second-order valence-corrected chi connectivity index (χ2v) is 6.28. The standard InChI is InChI=1S/C20H21ClN2O3/c1-14-6-8-15(9-7-14)18(24)10-11-19(25)22-12-13-23-20(26)16-4-2-3-5-17(16)21/h2-9H,10-13H2,1H3,(H,22,25)(H,23,26). The molecule has 0 spiro atoms. The van der Waals surface area contributed by atoms with Crippen molar-refractivity contribution in [1.29, 1.82) is 0 Å². The first-order valence-electron chi connectivity index (χ1n) is 8.36. The smallest absolute Gasteiger partial charge is 0.252 e. The van der Waals surface area contributed by atoms with E-state index in [4.69, 9.17) is 11.6 Å². The Balaban J connectivity index is 1.66. The van der Waals surface area contributed by atoms with Gasteiger partial charge in [-0.15, -0.1) is 0 Å². The third-order valence-electron chi connectivity index (χ3n) is 3.80. The number of Topliss-reactive ketones (excluding diaryl/α,β-unsaturated/α-hetero) is 1. The van der Waals surface area contributed by atoms with Crippen molar-refractivity contribution in [3.05, 3.63) is 70.2 Å². The largest absolute Gasteiger partial charge is 0.354 e. The van der Waals surface area contributed by atoms with Crippen molar-refractivity contribution in [2.45, 2.75) is 19.8 Å². The van der Waals surface area contributed by atoms with E-state index in [0.29, 0.717) is 16.1 Å². The van der Waals surface area contributed by atoms with E-state index in [0.717, 1.165) is 5.56 Å². The van der Waals surface area contributed by atoms with Crippen LogP contribution in [-0.4, -0.2) is 30.7 Å². The van der Waals surface area contributed by atoms with Crippen molar-refractivity contribution >= 4 is 29.2 Å². The molecular formula is C20H21ClN2O3. The van der Waals surface area contributed by atoms with E-state index < -0.39 is 0 Å². The summed E-state index contributed by atoms with van der Waals surface area (Å²) in [6.45, 7) is 2.52. The molecule has 0 aliphatic rings. The molecule has 0 saturated carbocycles. The summed E-state index contributed by atoms with van der Waals surface area (Å²) >= 11 is 5.95. The fourth-order valence-electron chi connectivity index (χ4n) is 2.32. The van der Waals surface area contributed by atoms with E-state index in [9.17, 15) is 14.4 Å². The quantitative estimate of drug-likeness (QED) is 0.552. The molecule has 2 aromatic rings. The zero-order valence-corrected chi connectivity index (χ0v) is 15.3. The average molecular weight is 373 g/mol. The van der Waals surface area contributed by atoms with Crippen molar-refractivity contribution in [3.63, 3.8) is 0 Å². The lowest BCUT2D eigenvalue weighted by atomic mass is 10.1. The van der Waals surface area contributed by atoms with Crippen LogP contribution >= 0.6 is 11.6 Å². The maximum Gasteiger partial charge on any atom is 0.252 e. The van der Waals surface area contributed by atoms with Crippen LogP contribution in [-0.2, 0) is 4.79 Å². The molecule has 0 aromatic heterocycles. The number of nitrogens with one attached hydrogen (secondary N) is 2. The second-order valence-electron chi connectivity index (χ2n) is 5.87. The monoisotopic (exact) mass is 372 g/mol. The van der Waals surface area contributed by atoms with Crippen molar-refractivity contribution in [3.8, 4) is 0 Å². The van der Waals surface area contributed by atoms with Gasteiger partial charge in [0.2, 0.25) is 5.91 Å². The van der Waals surface area contributed by atoms with Crippen molar-refractivity contribution in [1.82, 2.24) is 10.6 Å². The van der Waals surface area contributed by atoms with Gasteiger partial charge in [-0.3, -0.25) is 14.4 Å². The first-order valence-corrected chi connectivity index (χ1v) is 8.74. The molecule has 0 bridgehead atoms. The highest BCUT2D eigenvalue weighted by atomic mass is 35.5. The van der Waals surface area contributed by atoms with Gasteiger partial charge in [-0.05, 0) is 19.1 Å². The van der Waals surface area contributed by atoms with Gasteiger partial charge < -0.3 is 10.6 Å². The third kappa shape index (κ3) is 6.01. The normalized spacial score (nSPS) is 10.2. The van der Waals surface area contributed by atoms with E-state index in [2.05, 4.69) is 10.6 Å². The zero-order valence-electron chi connectivity index (χ0n) is 14.5. The number of benzene rings is 2. The summed E-state index contributed by atoms with van der Waals surface area (Å²) in [5, 5.41) is 5.75. The fraction of sp³-hybridized carbons (Fsp3) is 0.250. The van der Waals surface area contributed by atoms with Gasteiger partial charge in [0, 0.05) is 31.5 Å². The minimum Gasteiger partial charge on any atom is -0.354 e. The van der Waals surface area contributed by atoms with Gasteiger partial charge in [0.15, 0.2) is 5.78 Å². The Kier molecular flexibility index (Phi) is 7.36. The minimum atomic E-state index is -0.292. The Bertz CT molecular complexity index is 788. The molecule has 6 heteroatoms. The number of halogens is 1. The Morgan fingerprint density at radius 3 is 2.23 bits per heavy atom. The van der Waals surface area contributed by atoms with E-state index in [1.165, 1.54) is 0 Å². The molecule has 136 valence electrons. The van der Waals surface area contributed by atoms with Crippen LogP contribution in [0, 0.1) is 6.92 Å². The highest BCUT2D eigenvalue weighted by molar-refractivity contribution is 6.33. The summed E-state index contributed by atoms with van der Waals surface area (Å²) in [6.07, 6.45) is 0.270. The molecule has 2 rings (SSSR count). The maximum absolute atomic E-state index is 12.0. The fourth-order valence-corrected chi connectivity index (χ4v) is 2.54. The Morgan fingerprint density at radius 2 is 1.54 bits per heavy atom. The number of hydrogen-bond donors (Lipinski definition) is 2. The second kappa shape index (κ2) is 9.73. The number of carbonyl (C=O) groups is 3. The highest BCUT2D eigenvalue weighted by Crippen LogP contribution is 2.14. The van der Waals surface area contributed by atoms with Gasteiger partial charge >= 0.3 is 0 Å². The van der Waals surface area contributed by atoms with Crippen LogP contribution in [0.15, 0.2) is 48.5 Å². The van der Waals surface area contributed by atoms with Crippen LogP contribution in [0.25, 0.3) is 0 Å². The van der Waals surface area contributed by atoms with Crippen LogP contribution in [0.2, 0.25) is 5.02 Å². The molecule has 0 radical (unpaired) electrons. The van der Waals surface area contributed by atoms with E-state index >= 15 is 0 Å². The zero-order chi connectivity index (χ0) is 18.9. The molecule has 5 nitrogen and oxygen atoms in total. The molecule has 2 aromatic carbocycles. The van der Waals surface area contributed by atoms with E-state index in [1.807, 2.05) is 19.1 Å². The first kappa shape index (κ1) is 19.7. The van der Waals surface area contributed by atoms with Gasteiger partial charge in [-0.25, -0.2) is 0 Å². The lowest BCUT2D eigenvalue weighted by Crippen LogP contribution is -2.34. The van der Waals surface area contributed by atoms with Gasteiger partial charge in [-0.1, -0.05) is 53.6 Å². The molecule has 0 atom stereocenters. The molecule has 2 amide bonds. The highest BCUT2D eigenvalue weighted by Gasteiger charge is 2.10. The number of hydrogen-bond acceptors (Lipinski definition) is 3. The summed E-state index contributed by atoms with van der Waals surface area (Å²) in [5.41, 5.74) is 2.08. The molecule has 26 heavy (non-hydrogen) atoms. The Labute approximate surface area is 157 Å². The summed E-state index contributed by atoms with van der Waals surface area (Å²) in [7, 11) is 0. The predicted molar refractivity (Wildman–Crippen MR) is 102 cm³/mol. The molecular weight excluding hydrogens is 352 g/mol. The van der Waals surface area contributed by atoms with E-state index in [1.54, 1.807) is 36.4 Å². The van der Waals surface area contributed by atoms with Gasteiger partial charge in [0.25, 0.3) is 5.91 Å². The van der Waals surface area contributed by atoms with Crippen LogP contribution < -0.4 is 10.6 Å². The van der Waals surface area contributed by atoms with Gasteiger partial charge in [0.1, 0.15) is 0 Å².